The van der Waals surface area contributed by atoms with E-state index in [4.69, 9.17) is 14.6 Å². The summed E-state index contributed by atoms with van der Waals surface area (Å²) in [6.07, 6.45) is -2.61. The molecule has 12 heteroatoms. The molecule has 0 bridgehead atoms. The van der Waals surface area contributed by atoms with Gasteiger partial charge in [-0.05, 0) is 59.4 Å². The quantitative estimate of drug-likeness (QED) is 0.227. The number of carboxylic acids is 1. The van der Waals surface area contributed by atoms with Crippen LogP contribution >= 0.6 is 24.4 Å². The van der Waals surface area contributed by atoms with Crippen LogP contribution in [0.4, 0.5) is 18.9 Å². The zero-order valence-electron chi connectivity index (χ0n) is 20.7. The average Bonchev–Trinajstić information content (AvgIpc) is 2.89. The molecule has 204 valence electrons. The second-order valence-electron chi connectivity index (χ2n) is 7.93. The van der Waals surface area contributed by atoms with E-state index in [1.807, 2.05) is 48.7 Å². The van der Waals surface area contributed by atoms with Crippen LogP contribution in [0.5, 0.6) is 0 Å². The molecule has 37 heavy (non-hydrogen) atoms. The summed E-state index contributed by atoms with van der Waals surface area (Å²) in [6, 6.07) is 14.8. The molecule has 3 N–H and O–H groups in total. The number of hydrogen-bond donors (Lipinski definition) is 4. The maximum absolute atomic E-state index is 13.1. The van der Waals surface area contributed by atoms with E-state index in [2.05, 4.69) is 30.2 Å². The first-order valence-corrected chi connectivity index (χ1v) is 13.2. The molecule has 0 aliphatic rings. The predicted octanol–water partition coefficient (Wildman–Crippen LogP) is 4.99. The fourth-order valence-corrected chi connectivity index (χ4v) is 3.53. The Hall–Kier alpha value is -2.86. The largest absolute Gasteiger partial charge is 0.490 e. The summed E-state index contributed by atoms with van der Waals surface area (Å²) in [5, 5.41) is 13.4. The number of carbonyl (C=O) groups excluding carboxylic acids is 2. The SMILES string of the molecule is COC(=O)[C@H](CCSC)NC(=O)c1ccc(NC[C@@H](C)CS)cc1-c1ccccc1.O=C(O)C(F)(F)F. The molecule has 0 saturated carbocycles. The number of anilines is 1. The number of thiol groups is 1. The Morgan fingerprint density at radius 3 is 2.27 bits per heavy atom. The van der Waals surface area contributed by atoms with Crippen molar-refractivity contribution in [2.75, 3.05) is 36.7 Å². The third-order valence-electron chi connectivity index (χ3n) is 4.96. The van der Waals surface area contributed by atoms with Crippen molar-refractivity contribution < 1.29 is 37.4 Å². The fraction of sp³-hybridized carbons (Fsp3) is 0.400. The Kier molecular flexibility index (Phi) is 14.0. The number of esters is 1. The smallest absolute Gasteiger partial charge is 0.475 e. The minimum atomic E-state index is -5.08. The molecule has 0 heterocycles. The highest BCUT2D eigenvalue weighted by molar-refractivity contribution is 7.98. The number of alkyl halides is 3. The number of rotatable bonds is 11. The lowest BCUT2D eigenvalue weighted by Gasteiger charge is -2.19. The zero-order chi connectivity index (χ0) is 28.0. The van der Waals surface area contributed by atoms with Crippen LogP contribution in [0.3, 0.4) is 0 Å². The van der Waals surface area contributed by atoms with Gasteiger partial charge in [0.25, 0.3) is 5.91 Å². The van der Waals surface area contributed by atoms with Crippen molar-refractivity contribution in [2.45, 2.75) is 25.6 Å². The van der Waals surface area contributed by atoms with Crippen LogP contribution in [0.15, 0.2) is 48.5 Å². The van der Waals surface area contributed by atoms with E-state index < -0.39 is 24.2 Å². The maximum atomic E-state index is 13.1. The first kappa shape index (κ1) is 32.2. The van der Waals surface area contributed by atoms with E-state index in [9.17, 15) is 22.8 Å². The number of carbonyl (C=O) groups is 3. The molecule has 0 fully saturated rings. The van der Waals surface area contributed by atoms with E-state index in [0.29, 0.717) is 17.9 Å². The Morgan fingerprint density at radius 2 is 1.76 bits per heavy atom. The standard InChI is InChI=1S/C23H30N2O3S2.C2HF3O2/c1-16(15-29)14-24-18-9-10-19(20(13-18)17-7-5-4-6-8-17)22(26)25-21(11-12-30-3)23(27)28-2;3-2(4,5)1(6)7/h4-10,13,16,21,24,29H,11-12,14-15H2,1-3H3,(H,25,26);(H,6,7)/t16-,21+;/m1./s1. The van der Waals surface area contributed by atoms with Gasteiger partial charge in [0.05, 0.1) is 7.11 Å². The number of thioether (sulfide) groups is 1. The van der Waals surface area contributed by atoms with Gasteiger partial charge in [-0.15, -0.1) is 0 Å². The summed E-state index contributed by atoms with van der Waals surface area (Å²) in [4.78, 5) is 34.1. The molecule has 2 aromatic carbocycles. The van der Waals surface area contributed by atoms with Crippen LogP contribution in [0.25, 0.3) is 11.1 Å². The molecule has 0 radical (unpaired) electrons. The van der Waals surface area contributed by atoms with Crippen molar-refractivity contribution in [1.29, 1.82) is 0 Å². The summed E-state index contributed by atoms with van der Waals surface area (Å²) in [5.41, 5.74) is 3.20. The van der Waals surface area contributed by atoms with E-state index in [1.165, 1.54) is 7.11 Å². The van der Waals surface area contributed by atoms with E-state index in [1.54, 1.807) is 17.8 Å². The third kappa shape index (κ3) is 11.4. The number of methoxy groups -OCH3 is 1. The molecule has 0 aromatic heterocycles. The molecule has 0 saturated heterocycles. The van der Waals surface area contributed by atoms with Gasteiger partial charge < -0.3 is 20.5 Å². The normalized spacial score (nSPS) is 12.4. The molecule has 2 aromatic rings. The number of aliphatic carboxylic acids is 1. The minimum Gasteiger partial charge on any atom is -0.475 e. The summed E-state index contributed by atoms with van der Waals surface area (Å²) in [5.74, 6) is -1.51. The number of nitrogens with one attached hydrogen (secondary N) is 2. The van der Waals surface area contributed by atoms with Gasteiger partial charge in [-0.25, -0.2) is 9.59 Å². The average molecular weight is 561 g/mol. The third-order valence-corrected chi connectivity index (χ3v) is 6.23. The van der Waals surface area contributed by atoms with Crippen LogP contribution in [-0.2, 0) is 14.3 Å². The van der Waals surface area contributed by atoms with E-state index >= 15 is 0 Å². The van der Waals surface area contributed by atoms with Crippen LogP contribution < -0.4 is 10.6 Å². The molecule has 0 aliphatic heterocycles. The van der Waals surface area contributed by atoms with Gasteiger partial charge in [0.15, 0.2) is 0 Å². The number of halogens is 3. The zero-order valence-corrected chi connectivity index (χ0v) is 22.4. The molecule has 1 amide bonds. The van der Waals surface area contributed by atoms with Gasteiger partial charge >= 0.3 is 18.1 Å². The Bertz CT molecular complexity index is 1020. The van der Waals surface area contributed by atoms with Crippen LogP contribution in [-0.4, -0.2) is 66.6 Å². The van der Waals surface area contributed by atoms with Crippen LogP contribution in [0.1, 0.15) is 23.7 Å². The Labute approximate surface area is 224 Å². The molecule has 2 rings (SSSR count). The molecule has 0 aliphatic carbocycles. The highest BCUT2D eigenvalue weighted by Gasteiger charge is 2.38. The molecular weight excluding hydrogens is 529 g/mol. The van der Waals surface area contributed by atoms with Gasteiger partial charge in [0, 0.05) is 17.8 Å². The number of ether oxygens (including phenoxy) is 1. The lowest BCUT2D eigenvalue weighted by molar-refractivity contribution is -0.192. The monoisotopic (exact) mass is 560 g/mol. The minimum absolute atomic E-state index is 0.291. The molecule has 0 unspecified atom stereocenters. The summed E-state index contributed by atoms with van der Waals surface area (Å²) >= 11 is 5.95. The topological polar surface area (TPSA) is 105 Å². The highest BCUT2D eigenvalue weighted by atomic mass is 32.2. The maximum Gasteiger partial charge on any atom is 0.490 e. The van der Waals surface area contributed by atoms with Crippen molar-refractivity contribution in [3.63, 3.8) is 0 Å². The van der Waals surface area contributed by atoms with Crippen molar-refractivity contribution >= 4 is 47.9 Å². The molecule has 0 spiro atoms. The second-order valence-corrected chi connectivity index (χ2v) is 9.28. The van der Waals surface area contributed by atoms with Crippen LogP contribution in [0.2, 0.25) is 0 Å². The molecule has 2 atom stereocenters. The lowest BCUT2D eigenvalue weighted by Crippen LogP contribution is -2.42. The van der Waals surface area contributed by atoms with Gasteiger partial charge in [-0.3, -0.25) is 4.79 Å². The summed E-state index contributed by atoms with van der Waals surface area (Å²) < 4.78 is 36.6. The lowest BCUT2D eigenvalue weighted by atomic mass is 9.98. The Balaban J connectivity index is 0.000000856. The van der Waals surface area contributed by atoms with E-state index in [0.717, 1.165) is 34.9 Å². The summed E-state index contributed by atoms with van der Waals surface area (Å²) in [6.45, 7) is 2.92. The summed E-state index contributed by atoms with van der Waals surface area (Å²) in [7, 11) is 1.34. The van der Waals surface area contributed by atoms with Gasteiger partial charge in [0.1, 0.15) is 6.04 Å². The molecular formula is C25H31F3N2O5S2. The number of hydrogen-bond acceptors (Lipinski definition) is 7. The van der Waals surface area contributed by atoms with Crippen molar-refractivity contribution in [3.05, 3.63) is 54.1 Å². The van der Waals surface area contributed by atoms with E-state index in [-0.39, 0.29) is 5.91 Å². The Morgan fingerprint density at radius 1 is 1.14 bits per heavy atom. The van der Waals surface area contributed by atoms with Gasteiger partial charge in [0.2, 0.25) is 0 Å². The second kappa shape index (κ2) is 16.1. The highest BCUT2D eigenvalue weighted by Crippen LogP contribution is 2.27. The van der Waals surface area contributed by atoms with Crippen molar-refractivity contribution in [3.8, 4) is 11.1 Å². The number of carboxylic acid groups (broad SMARTS) is 1. The van der Waals surface area contributed by atoms with Crippen molar-refractivity contribution in [1.82, 2.24) is 5.32 Å². The first-order chi connectivity index (χ1) is 17.4. The number of benzene rings is 2. The number of amides is 1. The van der Waals surface area contributed by atoms with Crippen LogP contribution in [0, 0.1) is 5.92 Å². The predicted molar refractivity (Wildman–Crippen MR) is 143 cm³/mol. The molecule has 7 nitrogen and oxygen atoms in total. The van der Waals surface area contributed by atoms with Gasteiger partial charge in [-0.2, -0.15) is 37.6 Å². The van der Waals surface area contributed by atoms with Crippen molar-refractivity contribution in [2.24, 2.45) is 5.92 Å². The van der Waals surface area contributed by atoms with Gasteiger partial charge in [-0.1, -0.05) is 37.3 Å². The first-order valence-electron chi connectivity index (χ1n) is 11.2. The fourth-order valence-electron chi connectivity index (χ4n) is 2.93.